The number of methoxy groups -OCH3 is 1. The summed E-state index contributed by atoms with van der Waals surface area (Å²) >= 11 is 0. The molecule has 0 heterocycles. The molecule has 1 aromatic carbocycles. The zero-order valence-corrected chi connectivity index (χ0v) is 12.4. The van der Waals surface area contributed by atoms with Crippen molar-refractivity contribution in [2.24, 2.45) is 0 Å². The number of nitro benzene ring substituents is 1. The Balaban J connectivity index is 2.18. The van der Waals surface area contributed by atoms with Gasteiger partial charge in [0, 0.05) is 17.7 Å². The van der Waals surface area contributed by atoms with Gasteiger partial charge in [-0.05, 0) is 25.0 Å². The molecule has 1 atom stereocenters. The van der Waals surface area contributed by atoms with E-state index in [1.165, 1.54) is 12.1 Å². The zero-order chi connectivity index (χ0) is 17.0. The van der Waals surface area contributed by atoms with E-state index in [0.29, 0.717) is 5.69 Å². The number of nitrogens with one attached hydrogen (secondary N) is 2. The van der Waals surface area contributed by atoms with Gasteiger partial charge in [-0.2, -0.15) is 0 Å². The van der Waals surface area contributed by atoms with Crippen LogP contribution in [0.5, 0.6) is 0 Å². The molecule has 0 radical (unpaired) electrons. The summed E-state index contributed by atoms with van der Waals surface area (Å²) in [6, 6.07) is 3.00. The smallest absolute Gasteiger partial charge is 0.330 e. The van der Waals surface area contributed by atoms with E-state index in [0.717, 1.165) is 26.0 Å². The minimum atomic E-state index is -1.23. The Labute approximate surface area is 131 Å². The summed E-state index contributed by atoms with van der Waals surface area (Å²) in [6.45, 7) is -0.637. The number of esters is 1. The monoisotopic (exact) mass is 323 g/mol. The lowest BCUT2D eigenvalue weighted by Crippen LogP contribution is -2.44. The van der Waals surface area contributed by atoms with Gasteiger partial charge in [0.1, 0.15) is 5.69 Å². The van der Waals surface area contributed by atoms with E-state index in [1.807, 2.05) is 0 Å². The molecule has 0 aliphatic heterocycles. The van der Waals surface area contributed by atoms with Crippen molar-refractivity contribution < 1.29 is 24.4 Å². The number of hydrogen-bond acceptors (Lipinski definition) is 7. The zero-order valence-electron chi connectivity index (χ0n) is 12.4. The SMILES string of the molecule is COC(=O)[C@H](CO)NC(=O)c1ccc(NC2CC2)c([N+](=O)[O-])c1. The predicted octanol–water partition coefficient (Wildman–Crippen LogP) is 0.433. The molecule has 0 spiro atoms. The van der Waals surface area contributed by atoms with Crippen LogP contribution in [0.4, 0.5) is 11.4 Å². The average Bonchev–Trinajstić information content (AvgIpc) is 3.35. The van der Waals surface area contributed by atoms with Crippen LogP contribution in [0.3, 0.4) is 0 Å². The molecule has 9 heteroatoms. The van der Waals surface area contributed by atoms with E-state index in [4.69, 9.17) is 5.11 Å². The van der Waals surface area contributed by atoms with Crippen LogP contribution in [0.15, 0.2) is 18.2 Å². The highest BCUT2D eigenvalue weighted by Gasteiger charge is 2.26. The van der Waals surface area contributed by atoms with E-state index in [1.54, 1.807) is 0 Å². The molecule has 1 fully saturated rings. The van der Waals surface area contributed by atoms with Crippen molar-refractivity contribution >= 4 is 23.3 Å². The molecule has 1 aromatic rings. The minimum Gasteiger partial charge on any atom is -0.467 e. The summed E-state index contributed by atoms with van der Waals surface area (Å²) in [5.74, 6) is -1.52. The first-order valence-corrected chi connectivity index (χ1v) is 7.00. The van der Waals surface area contributed by atoms with Crippen molar-refractivity contribution in [1.82, 2.24) is 5.32 Å². The summed E-state index contributed by atoms with van der Waals surface area (Å²) in [4.78, 5) is 34.0. The number of carbonyl (C=O) groups is 2. The van der Waals surface area contributed by atoms with Crippen LogP contribution in [0, 0.1) is 10.1 Å². The molecule has 0 aromatic heterocycles. The summed E-state index contributed by atoms with van der Waals surface area (Å²) in [5.41, 5.74) is 0.143. The third-order valence-electron chi connectivity index (χ3n) is 3.37. The van der Waals surface area contributed by atoms with Crippen molar-refractivity contribution in [1.29, 1.82) is 0 Å². The maximum Gasteiger partial charge on any atom is 0.330 e. The van der Waals surface area contributed by atoms with Gasteiger partial charge in [0.15, 0.2) is 6.04 Å². The third-order valence-corrected chi connectivity index (χ3v) is 3.37. The highest BCUT2D eigenvalue weighted by atomic mass is 16.6. The van der Waals surface area contributed by atoms with Gasteiger partial charge >= 0.3 is 5.97 Å². The fourth-order valence-electron chi connectivity index (χ4n) is 1.96. The highest BCUT2D eigenvalue weighted by molar-refractivity contribution is 5.98. The predicted molar refractivity (Wildman–Crippen MR) is 80.1 cm³/mol. The Morgan fingerprint density at radius 1 is 1.48 bits per heavy atom. The minimum absolute atomic E-state index is 0.0143. The molecular weight excluding hydrogens is 306 g/mol. The lowest BCUT2D eigenvalue weighted by molar-refractivity contribution is -0.384. The maximum atomic E-state index is 12.1. The first-order valence-electron chi connectivity index (χ1n) is 7.00. The number of nitro groups is 1. The van der Waals surface area contributed by atoms with Crippen molar-refractivity contribution in [3.05, 3.63) is 33.9 Å². The summed E-state index contributed by atoms with van der Waals surface area (Å²) in [5, 5.41) is 25.5. The largest absolute Gasteiger partial charge is 0.467 e. The number of ether oxygens (including phenoxy) is 1. The van der Waals surface area contributed by atoms with E-state index >= 15 is 0 Å². The van der Waals surface area contributed by atoms with E-state index in [9.17, 15) is 19.7 Å². The van der Waals surface area contributed by atoms with Gasteiger partial charge in [0.2, 0.25) is 0 Å². The van der Waals surface area contributed by atoms with Gasteiger partial charge in [0.05, 0.1) is 18.6 Å². The molecular formula is C14H17N3O6. The van der Waals surface area contributed by atoms with Crippen LogP contribution in [-0.2, 0) is 9.53 Å². The fourth-order valence-corrected chi connectivity index (χ4v) is 1.96. The Kier molecular flexibility index (Phi) is 5.12. The molecule has 0 saturated heterocycles. The summed E-state index contributed by atoms with van der Waals surface area (Å²) in [7, 11) is 1.13. The van der Waals surface area contributed by atoms with Crippen molar-refractivity contribution in [2.75, 3.05) is 19.0 Å². The van der Waals surface area contributed by atoms with E-state index in [2.05, 4.69) is 15.4 Å². The van der Waals surface area contributed by atoms with Gasteiger partial charge in [-0.1, -0.05) is 0 Å². The highest BCUT2D eigenvalue weighted by Crippen LogP contribution is 2.31. The summed E-state index contributed by atoms with van der Waals surface area (Å²) < 4.78 is 4.44. The van der Waals surface area contributed by atoms with Crippen LogP contribution in [0.2, 0.25) is 0 Å². The molecule has 1 aliphatic carbocycles. The maximum absolute atomic E-state index is 12.1. The van der Waals surface area contributed by atoms with Gasteiger partial charge in [0.25, 0.3) is 11.6 Å². The number of anilines is 1. The Hall–Kier alpha value is -2.68. The van der Waals surface area contributed by atoms with Crippen LogP contribution in [-0.4, -0.2) is 47.7 Å². The second-order valence-corrected chi connectivity index (χ2v) is 5.14. The lowest BCUT2D eigenvalue weighted by atomic mass is 10.1. The molecule has 3 N–H and O–H groups in total. The molecule has 0 unspecified atom stereocenters. The van der Waals surface area contributed by atoms with Crippen molar-refractivity contribution in [3.8, 4) is 0 Å². The van der Waals surface area contributed by atoms with Gasteiger partial charge in [-0.25, -0.2) is 4.79 Å². The van der Waals surface area contributed by atoms with Crippen molar-refractivity contribution in [3.63, 3.8) is 0 Å². The molecule has 1 aliphatic rings. The van der Waals surface area contributed by atoms with Gasteiger partial charge in [-0.15, -0.1) is 0 Å². The fraction of sp³-hybridized carbons (Fsp3) is 0.429. The Bertz CT molecular complexity index is 629. The number of benzene rings is 1. The van der Waals surface area contributed by atoms with Crippen LogP contribution >= 0.6 is 0 Å². The molecule has 9 nitrogen and oxygen atoms in total. The number of nitrogens with zero attached hydrogens (tertiary/aromatic N) is 1. The number of aliphatic hydroxyl groups is 1. The number of amides is 1. The first kappa shape index (κ1) is 16.7. The number of rotatable bonds is 7. The van der Waals surface area contributed by atoms with Crippen molar-refractivity contribution in [2.45, 2.75) is 24.9 Å². The van der Waals surface area contributed by atoms with Gasteiger partial charge in [-0.3, -0.25) is 14.9 Å². The van der Waals surface area contributed by atoms with E-state index < -0.39 is 29.4 Å². The summed E-state index contributed by atoms with van der Waals surface area (Å²) in [6.07, 6.45) is 1.91. The Morgan fingerprint density at radius 3 is 2.70 bits per heavy atom. The second-order valence-electron chi connectivity index (χ2n) is 5.14. The molecule has 124 valence electrons. The lowest BCUT2D eigenvalue weighted by Gasteiger charge is -2.14. The number of aliphatic hydroxyl groups excluding tert-OH is 1. The molecule has 0 bridgehead atoms. The Morgan fingerprint density at radius 2 is 2.17 bits per heavy atom. The molecule has 2 rings (SSSR count). The quantitative estimate of drug-likeness (QED) is 0.377. The van der Waals surface area contributed by atoms with Crippen LogP contribution in [0.25, 0.3) is 0 Å². The second kappa shape index (κ2) is 7.05. The van der Waals surface area contributed by atoms with Gasteiger partial charge < -0.3 is 20.5 Å². The van der Waals surface area contributed by atoms with Crippen LogP contribution < -0.4 is 10.6 Å². The molecule has 23 heavy (non-hydrogen) atoms. The molecule has 1 saturated carbocycles. The number of hydrogen-bond donors (Lipinski definition) is 3. The van der Waals surface area contributed by atoms with E-state index in [-0.39, 0.29) is 17.3 Å². The first-order chi connectivity index (χ1) is 11.0. The molecule has 1 amide bonds. The third kappa shape index (κ3) is 4.16. The number of carbonyl (C=O) groups excluding carboxylic acids is 2. The normalized spacial score (nSPS) is 14.7. The standard InChI is InChI=1S/C14H17N3O6/c1-23-14(20)11(7-18)16-13(19)8-2-5-10(15-9-3-4-9)12(6-8)17(21)22/h2,5-6,9,11,15,18H,3-4,7H2,1H3,(H,16,19)/t11-/m0/s1. The van der Waals surface area contributed by atoms with Crippen LogP contribution in [0.1, 0.15) is 23.2 Å². The topological polar surface area (TPSA) is 131 Å². The average molecular weight is 323 g/mol.